The van der Waals surface area contributed by atoms with Crippen molar-refractivity contribution in [2.24, 2.45) is 17.8 Å². The van der Waals surface area contributed by atoms with Crippen LogP contribution in [0.4, 0.5) is 23.7 Å². The Kier molecular flexibility index (Phi) is 19.2. The molecule has 1 saturated heterocycles. The van der Waals surface area contributed by atoms with Gasteiger partial charge >= 0.3 is 30.1 Å². The number of aryl methyl sites for hydroxylation is 1. The van der Waals surface area contributed by atoms with Gasteiger partial charge in [0, 0.05) is 66.0 Å². The number of anilines is 1. The number of benzene rings is 3. The lowest BCUT2D eigenvalue weighted by molar-refractivity contribution is -0.174. The molecule has 1 aliphatic heterocycles. The number of methoxy groups -OCH3 is 2. The van der Waals surface area contributed by atoms with Gasteiger partial charge in [-0.25, -0.2) is 14.4 Å². The third kappa shape index (κ3) is 14.2. The molecule has 1 saturated carbocycles. The van der Waals surface area contributed by atoms with Crippen LogP contribution in [-0.4, -0.2) is 107 Å². The van der Waals surface area contributed by atoms with E-state index in [4.69, 9.17) is 35.3 Å². The van der Waals surface area contributed by atoms with Crippen molar-refractivity contribution in [3.63, 3.8) is 0 Å². The van der Waals surface area contributed by atoms with Crippen LogP contribution in [0.3, 0.4) is 0 Å². The summed E-state index contributed by atoms with van der Waals surface area (Å²) in [6.07, 6.45) is 6.39. The van der Waals surface area contributed by atoms with Gasteiger partial charge < -0.3 is 33.9 Å². The van der Waals surface area contributed by atoms with Crippen LogP contribution in [0, 0.1) is 17.8 Å². The maximum absolute atomic E-state index is 14.7. The van der Waals surface area contributed by atoms with Gasteiger partial charge in [0.25, 0.3) is 0 Å². The summed E-state index contributed by atoms with van der Waals surface area (Å²) in [5.41, 5.74) is 2.99. The molecular formula is C65H78ClF3N6O10. The molecule has 2 aromatic heterocycles. The van der Waals surface area contributed by atoms with Crippen molar-refractivity contribution in [1.82, 2.24) is 25.0 Å². The maximum Gasteiger partial charge on any atom is 0.471 e. The molecule has 20 heteroatoms. The van der Waals surface area contributed by atoms with E-state index in [9.17, 15) is 37.1 Å². The van der Waals surface area contributed by atoms with Crippen molar-refractivity contribution in [1.29, 1.82) is 0 Å². The molecule has 5 aromatic rings. The molecule has 2 fully saturated rings. The number of aromatic nitrogens is 3. The lowest BCUT2D eigenvalue weighted by atomic mass is 9.59. The minimum Gasteiger partial charge on any atom is -0.494 e. The number of esters is 2. The Balaban J connectivity index is 0.876. The zero-order valence-electron chi connectivity index (χ0n) is 49.6. The molecular weight excluding hydrogens is 1120 g/mol. The molecule has 1 N–H and O–H groups in total. The van der Waals surface area contributed by atoms with Crippen molar-refractivity contribution in [3.05, 3.63) is 124 Å². The second kappa shape index (κ2) is 26.2. The number of halogens is 4. The standard InChI is InChI=1S/C65H78ClF3N6O10/c1-41(40-84-54-21-28-70-53-17-8-12-42(2)56(53)54)32-48-34-45-19-20-51(36-52(45)63(48)24-26-64(27-25-63,60(79)82-7)75(59(78)65(67,68)69)50-16-10-15-49(66)35-50)83-31-11-18-55(76)72-57(58(77)81-6)46-14-9-13-44(33-46)47-37-71-74(39-47)38-43-22-29-73(30-23-43)61(80)85-62(3,4)5/h9-10,13-16,19-21,28,33,35-37,39,41-43,48,57H,8,11-12,17-18,22-27,29-32,34,38,40H2,1-7H3,(H,72,76)/t41-,42-,48+,57?,63?,64?/m1/s1. The fourth-order valence-corrected chi connectivity index (χ4v) is 13.6. The zero-order valence-corrected chi connectivity index (χ0v) is 50.4. The Hall–Kier alpha value is -7.15. The number of nitrogens with zero attached hydrogens (tertiary/aromatic N) is 5. The number of likely N-dealkylation sites (tertiary alicyclic amines) is 1. The number of carbonyl (C=O) groups excluding carboxylic acids is 5. The minimum atomic E-state index is -5.33. The fraction of sp³-hybridized carbons (Fsp3) is 0.523. The highest BCUT2D eigenvalue weighted by molar-refractivity contribution is 6.31. The Morgan fingerprint density at radius 1 is 0.894 bits per heavy atom. The van der Waals surface area contributed by atoms with Crippen molar-refractivity contribution >= 4 is 47.1 Å². The summed E-state index contributed by atoms with van der Waals surface area (Å²) < 4.78 is 74.9. The van der Waals surface area contributed by atoms with Crippen molar-refractivity contribution < 1.29 is 60.8 Å². The van der Waals surface area contributed by atoms with Gasteiger partial charge in [0.2, 0.25) is 5.91 Å². The third-order valence-corrected chi connectivity index (χ3v) is 17.8. The molecule has 1 spiro atoms. The first-order valence-corrected chi connectivity index (χ1v) is 30.0. The Morgan fingerprint density at radius 3 is 2.35 bits per heavy atom. The Bertz CT molecular complexity index is 3220. The summed E-state index contributed by atoms with van der Waals surface area (Å²) >= 11 is 6.32. The topological polar surface area (TPSA) is 181 Å². The Morgan fingerprint density at radius 2 is 1.65 bits per heavy atom. The molecule has 0 bridgehead atoms. The van der Waals surface area contributed by atoms with Crippen LogP contribution in [0.5, 0.6) is 11.5 Å². The van der Waals surface area contributed by atoms with Gasteiger partial charge in [0.05, 0.1) is 33.6 Å². The zero-order chi connectivity index (χ0) is 60.8. The van der Waals surface area contributed by atoms with E-state index in [1.54, 1.807) is 23.4 Å². The van der Waals surface area contributed by atoms with Crippen LogP contribution < -0.4 is 19.7 Å². The average Bonchev–Trinajstić information content (AvgIpc) is 1.73. The molecule has 9 rings (SSSR count). The molecule has 0 radical (unpaired) electrons. The number of hydrogen-bond donors (Lipinski definition) is 1. The number of alkyl halides is 3. The molecule has 16 nitrogen and oxygen atoms in total. The van der Waals surface area contributed by atoms with Gasteiger partial charge in [-0.2, -0.15) is 18.3 Å². The molecule has 3 aliphatic carbocycles. The highest BCUT2D eigenvalue weighted by atomic mass is 35.5. The molecule has 4 aliphatic rings. The summed E-state index contributed by atoms with van der Waals surface area (Å²) in [5.74, 6) is -2.18. The van der Waals surface area contributed by atoms with E-state index < -0.39 is 52.5 Å². The maximum atomic E-state index is 14.7. The predicted octanol–water partition coefficient (Wildman–Crippen LogP) is 12.5. The smallest absolute Gasteiger partial charge is 0.471 e. The number of pyridine rings is 1. The number of rotatable bonds is 19. The second-order valence-corrected chi connectivity index (χ2v) is 25.0. The minimum absolute atomic E-state index is 0.0180. The Labute approximate surface area is 500 Å². The molecule has 3 aromatic carbocycles. The fourth-order valence-electron chi connectivity index (χ4n) is 13.4. The normalized spacial score (nSPS) is 21.2. The van der Waals surface area contributed by atoms with Crippen LogP contribution in [-0.2, 0) is 58.2 Å². The van der Waals surface area contributed by atoms with E-state index in [2.05, 4.69) is 29.2 Å². The molecule has 3 amide bonds. The lowest BCUT2D eigenvalue weighted by Crippen LogP contribution is -2.63. The van der Waals surface area contributed by atoms with Gasteiger partial charge in [-0.1, -0.05) is 55.8 Å². The van der Waals surface area contributed by atoms with E-state index in [0.29, 0.717) is 67.1 Å². The van der Waals surface area contributed by atoms with Gasteiger partial charge in [-0.05, 0) is 192 Å². The average molecular weight is 1200 g/mol. The number of amides is 3. The molecule has 1 unspecified atom stereocenters. The highest BCUT2D eigenvalue weighted by Gasteiger charge is 2.60. The van der Waals surface area contributed by atoms with Crippen LogP contribution in [0.15, 0.2) is 91.4 Å². The first-order chi connectivity index (χ1) is 40.5. The number of nitrogens with one attached hydrogen (secondary N) is 1. The number of fused-ring (bicyclic) bond motifs is 3. The predicted molar refractivity (Wildman–Crippen MR) is 314 cm³/mol. The number of carbonyl (C=O) groups is 5. The van der Waals surface area contributed by atoms with E-state index in [1.807, 2.05) is 74.1 Å². The number of ether oxygens (including phenoxy) is 5. The van der Waals surface area contributed by atoms with Crippen molar-refractivity contribution in [2.45, 2.75) is 159 Å². The summed E-state index contributed by atoms with van der Waals surface area (Å²) in [4.78, 5) is 74.2. The van der Waals surface area contributed by atoms with Crippen LogP contribution in [0.25, 0.3) is 11.1 Å². The lowest BCUT2D eigenvalue weighted by Gasteiger charge is -2.51. The summed E-state index contributed by atoms with van der Waals surface area (Å²) in [5, 5.41) is 7.58. The van der Waals surface area contributed by atoms with Crippen molar-refractivity contribution in [3.8, 4) is 22.6 Å². The number of hydrogen-bond acceptors (Lipinski definition) is 12. The third-order valence-electron chi connectivity index (χ3n) is 17.6. The second-order valence-electron chi connectivity index (χ2n) is 24.6. The number of piperidine rings is 1. The summed E-state index contributed by atoms with van der Waals surface area (Å²) in [7, 11) is 2.38. The van der Waals surface area contributed by atoms with Crippen molar-refractivity contribution in [2.75, 3.05) is 45.4 Å². The molecule has 4 atom stereocenters. The summed E-state index contributed by atoms with van der Waals surface area (Å²) in [6, 6.07) is 19.5. The monoisotopic (exact) mass is 1190 g/mol. The SMILES string of the molecule is COC(=O)C(NC(=O)CCCOc1ccc2c(c1)C1(CCC(C(=O)OC)(N(C(=O)C(F)(F)F)c3cccc(Cl)c3)CC1)[C@@H](C[C@@H](C)COc1ccnc3c1[C@H](C)CCC3)C2)c1cccc(-c2cnn(CC3CCN(C(=O)OC(C)(C)C)CC3)c2)c1. The van der Waals surface area contributed by atoms with Gasteiger partial charge in [0.1, 0.15) is 22.6 Å². The van der Waals surface area contributed by atoms with E-state index in [1.165, 1.54) is 31.4 Å². The first-order valence-electron chi connectivity index (χ1n) is 29.6. The van der Waals surface area contributed by atoms with Crippen LogP contribution >= 0.6 is 11.6 Å². The summed E-state index contributed by atoms with van der Waals surface area (Å²) in [6.45, 7) is 12.4. The van der Waals surface area contributed by atoms with Crippen LogP contribution in [0.2, 0.25) is 5.02 Å². The van der Waals surface area contributed by atoms with Gasteiger partial charge in [-0.15, -0.1) is 0 Å². The highest BCUT2D eigenvalue weighted by Crippen LogP contribution is 2.58. The molecule has 85 heavy (non-hydrogen) atoms. The van der Waals surface area contributed by atoms with E-state index in [0.717, 1.165) is 78.5 Å². The largest absolute Gasteiger partial charge is 0.494 e. The quantitative estimate of drug-likeness (QED) is 0.0470. The van der Waals surface area contributed by atoms with Gasteiger partial charge in [-0.3, -0.25) is 24.2 Å². The first kappa shape index (κ1) is 62.4. The van der Waals surface area contributed by atoms with Gasteiger partial charge in [0.15, 0.2) is 6.04 Å². The molecule has 456 valence electrons. The molecule has 3 heterocycles. The van der Waals surface area contributed by atoms with Crippen LogP contribution in [0.1, 0.15) is 145 Å². The van der Waals surface area contributed by atoms with E-state index in [-0.39, 0.29) is 73.8 Å². The van der Waals surface area contributed by atoms with E-state index >= 15 is 0 Å².